The molecule has 6 heteroatoms. The molecule has 6 nitrogen and oxygen atoms in total. The highest BCUT2D eigenvalue weighted by atomic mass is 16.6. The van der Waals surface area contributed by atoms with Gasteiger partial charge in [-0.2, -0.15) is 5.10 Å². The normalized spacial score (nSPS) is 18.8. The quantitative estimate of drug-likeness (QED) is 0.817. The van der Waals surface area contributed by atoms with E-state index in [-0.39, 0.29) is 18.1 Å². The van der Waals surface area contributed by atoms with Crippen molar-refractivity contribution in [3.8, 4) is 0 Å². The first-order valence-electron chi connectivity index (χ1n) is 6.53. The smallest absolute Gasteiger partial charge is 0.411 e. The summed E-state index contributed by atoms with van der Waals surface area (Å²) in [6.45, 7) is 10.2. The van der Waals surface area contributed by atoms with E-state index < -0.39 is 5.60 Å². The van der Waals surface area contributed by atoms with E-state index in [2.05, 4.69) is 24.0 Å². The van der Waals surface area contributed by atoms with Crippen LogP contribution in [0.4, 0.5) is 10.6 Å². The van der Waals surface area contributed by atoms with Gasteiger partial charge in [-0.25, -0.2) is 4.79 Å². The molecule has 1 atom stereocenters. The number of aromatic nitrogens is 2. The highest BCUT2D eigenvalue weighted by molar-refractivity contribution is 5.71. The first-order chi connectivity index (χ1) is 8.70. The first kappa shape index (κ1) is 13.7. The Balaban J connectivity index is 2.26. The Kier molecular flexibility index (Phi) is 3.20. The van der Waals surface area contributed by atoms with Crippen molar-refractivity contribution >= 4 is 11.9 Å². The number of nitrogens with zero attached hydrogens (tertiary/aromatic N) is 2. The summed E-state index contributed by atoms with van der Waals surface area (Å²) in [4.78, 5) is 14.0. The number of nitrogens with two attached hydrogens (primary N) is 1. The predicted molar refractivity (Wildman–Crippen MR) is 72.4 cm³/mol. The lowest BCUT2D eigenvalue weighted by Crippen LogP contribution is -2.37. The van der Waals surface area contributed by atoms with Crippen LogP contribution in [0.15, 0.2) is 0 Å². The van der Waals surface area contributed by atoms with Crippen LogP contribution in [0.1, 0.15) is 51.9 Å². The maximum Gasteiger partial charge on any atom is 0.411 e. The van der Waals surface area contributed by atoms with Gasteiger partial charge in [0.2, 0.25) is 0 Å². The van der Waals surface area contributed by atoms with Gasteiger partial charge < -0.3 is 10.5 Å². The van der Waals surface area contributed by atoms with E-state index in [1.54, 1.807) is 4.90 Å². The van der Waals surface area contributed by atoms with Gasteiger partial charge in [0.1, 0.15) is 5.60 Å². The molecule has 1 aromatic heterocycles. The summed E-state index contributed by atoms with van der Waals surface area (Å²) >= 11 is 0. The minimum atomic E-state index is -0.501. The van der Waals surface area contributed by atoms with Crippen molar-refractivity contribution in [3.05, 3.63) is 11.3 Å². The van der Waals surface area contributed by atoms with Crippen molar-refractivity contribution in [2.24, 2.45) is 5.92 Å². The van der Waals surface area contributed by atoms with E-state index in [0.717, 1.165) is 11.3 Å². The molecule has 1 unspecified atom stereocenters. The van der Waals surface area contributed by atoms with Gasteiger partial charge in [0.05, 0.1) is 18.3 Å². The highest BCUT2D eigenvalue weighted by Crippen LogP contribution is 2.40. The number of aromatic amines is 1. The van der Waals surface area contributed by atoms with Gasteiger partial charge in [-0.1, -0.05) is 13.8 Å². The van der Waals surface area contributed by atoms with Crippen molar-refractivity contribution in [1.29, 1.82) is 0 Å². The van der Waals surface area contributed by atoms with Crippen LogP contribution in [0.3, 0.4) is 0 Å². The average molecular weight is 266 g/mol. The van der Waals surface area contributed by atoms with Gasteiger partial charge in [0.15, 0.2) is 5.82 Å². The molecule has 0 radical (unpaired) electrons. The second kappa shape index (κ2) is 4.43. The zero-order valence-electron chi connectivity index (χ0n) is 12.2. The summed E-state index contributed by atoms with van der Waals surface area (Å²) in [6.07, 6.45) is -0.310. The van der Waals surface area contributed by atoms with Crippen LogP contribution in [0.5, 0.6) is 0 Å². The van der Waals surface area contributed by atoms with Gasteiger partial charge in [-0.05, 0) is 26.7 Å². The van der Waals surface area contributed by atoms with Crippen molar-refractivity contribution in [1.82, 2.24) is 15.1 Å². The number of nitrogens with one attached hydrogen (secondary N) is 1. The zero-order valence-corrected chi connectivity index (χ0v) is 12.2. The third-order valence-corrected chi connectivity index (χ3v) is 3.15. The number of amides is 1. The Morgan fingerprint density at radius 1 is 1.53 bits per heavy atom. The van der Waals surface area contributed by atoms with Crippen LogP contribution < -0.4 is 5.73 Å². The molecule has 1 aliphatic heterocycles. The number of carbonyl (C=O) groups is 1. The number of nitrogen functional groups attached to an aromatic ring is 1. The summed E-state index contributed by atoms with van der Waals surface area (Å²) in [5, 5.41) is 6.95. The molecule has 2 heterocycles. The molecule has 2 rings (SSSR count). The standard InChI is InChI=1S/C13H22N4O2/c1-7(2)10-9-8(11(14)16-15-9)6-17(10)12(18)19-13(3,4)5/h7,10H,6H2,1-5H3,(H3,14,15,16). The van der Waals surface area contributed by atoms with E-state index in [9.17, 15) is 4.79 Å². The molecular weight excluding hydrogens is 244 g/mol. The zero-order chi connectivity index (χ0) is 14.4. The molecule has 1 amide bonds. The Hall–Kier alpha value is -1.72. The fourth-order valence-corrected chi connectivity index (χ4v) is 2.42. The van der Waals surface area contributed by atoms with Gasteiger partial charge >= 0.3 is 6.09 Å². The Bertz CT molecular complexity index is 487. The van der Waals surface area contributed by atoms with E-state index in [1.165, 1.54) is 0 Å². The summed E-state index contributed by atoms with van der Waals surface area (Å²) in [7, 11) is 0. The van der Waals surface area contributed by atoms with Gasteiger partial charge in [0, 0.05) is 5.56 Å². The van der Waals surface area contributed by atoms with E-state index in [1.807, 2.05) is 20.8 Å². The number of rotatable bonds is 1. The Morgan fingerprint density at radius 2 is 2.16 bits per heavy atom. The first-order valence-corrected chi connectivity index (χ1v) is 6.53. The SMILES string of the molecule is CC(C)C1c2[nH]nc(N)c2CN1C(=O)OC(C)(C)C. The summed E-state index contributed by atoms with van der Waals surface area (Å²) < 4.78 is 5.45. The van der Waals surface area contributed by atoms with E-state index in [0.29, 0.717) is 12.4 Å². The summed E-state index contributed by atoms with van der Waals surface area (Å²) in [5.74, 6) is 0.723. The molecule has 19 heavy (non-hydrogen) atoms. The molecule has 0 aromatic carbocycles. The largest absolute Gasteiger partial charge is 0.444 e. The monoisotopic (exact) mass is 266 g/mol. The van der Waals surface area contributed by atoms with Crippen LogP contribution in [0.25, 0.3) is 0 Å². The van der Waals surface area contributed by atoms with Gasteiger partial charge in [-0.15, -0.1) is 0 Å². The third-order valence-electron chi connectivity index (χ3n) is 3.15. The maximum absolute atomic E-state index is 12.3. The second-order valence-corrected chi connectivity index (χ2v) is 6.30. The van der Waals surface area contributed by atoms with Gasteiger partial charge in [0.25, 0.3) is 0 Å². The number of carbonyl (C=O) groups excluding carboxylic acids is 1. The average Bonchev–Trinajstić information content (AvgIpc) is 2.76. The fraction of sp³-hybridized carbons (Fsp3) is 0.692. The number of ether oxygens (including phenoxy) is 1. The molecule has 0 bridgehead atoms. The minimum Gasteiger partial charge on any atom is -0.444 e. The maximum atomic E-state index is 12.3. The Labute approximate surface area is 113 Å². The second-order valence-electron chi connectivity index (χ2n) is 6.30. The van der Waals surface area contributed by atoms with Crippen molar-refractivity contribution in [2.45, 2.75) is 52.8 Å². The van der Waals surface area contributed by atoms with E-state index >= 15 is 0 Å². The van der Waals surface area contributed by atoms with Crippen LogP contribution in [0, 0.1) is 5.92 Å². The molecule has 0 spiro atoms. The molecule has 1 aromatic rings. The molecule has 0 saturated carbocycles. The van der Waals surface area contributed by atoms with Crippen LogP contribution in [-0.4, -0.2) is 26.8 Å². The third kappa shape index (κ3) is 2.52. The van der Waals surface area contributed by atoms with Gasteiger partial charge in [-0.3, -0.25) is 10.00 Å². The Morgan fingerprint density at radius 3 is 2.68 bits per heavy atom. The van der Waals surface area contributed by atoms with Crippen LogP contribution in [0.2, 0.25) is 0 Å². The number of anilines is 1. The molecular formula is C13H22N4O2. The van der Waals surface area contributed by atoms with Crippen LogP contribution >= 0.6 is 0 Å². The fourth-order valence-electron chi connectivity index (χ4n) is 2.42. The lowest BCUT2D eigenvalue weighted by atomic mass is 10.0. The lowest BCUT2D eigenvalue weighted by Gasteiger charge is -2.30. The van der Waals surface area contributed by atoms with Crippen molar-refractivity contribution < 1.29 is 9.53 Å². The molecule has 0 fully saturated rings. The molecule has 0 aliphatic carbocycles. The molecule has 0 saturated heterocycles. The van der Waals surface area contributed by atoms with Crippen LogP contribution in [-0.2, 0) is 11.3 Å². The topological polar surface area (TPSA) is 84.2 Å². The molecule has 1 aliphatic rings. The predicted octanol–water partition coefficient (Wildman–Crippen LogP) is 2.44. The highest BCUT2D eigenvalue weighted by Gasteiger charge is 2.40. The van der Waals surface area contributed by atoms with Crippen molar-refractivity contribution in [3.63, 3.8) is 0 Å². The molecule has 106 valence electrons. The van der Waals surface area contributed by atoms with E-state index in [4.69, 9.17) is 10.5 Å². The number of H-pyrrole nitrogens is 1. The molecule has 3 N–H and O–H groups in total. The summed E-state index contributed by atoms with van der Waals surface area (Å²) in [6, 6.07) is -0.0605. The number of hydrogen-bond donors (Lipinski definition) is 2. The summed E-state index contributed by atoms with van der Waals surface area (Å²) in [5.41, 5.74) is 7.16. The number of fused-ring (bicyclic) bond motifs is 1. The minimum absolute atomic E-state index is 0.0605. The lowest BCUT2D eigenvalue weighted by molar-refractivity contribution is 0.0122. The number of hydrogen-bond acceptors (Lipinski definition) is 4. The van der Waals surface area contributed by atoms with Crippen molar-refractivity contribution in [2.75, 3.05) is 5.73 Å².